The molecule has 2 rings (SSSR count). The van der Waals surface area contributed by atoms with Crippen molar-refractivity contribution in [2.75, 3.05) is 19.0 Å². The molecule has 0 radical (unpaired) electrons. The lowest BCUT2D eigenvalue weighted by molar-refractivity contribution is 1.01. The summed E-state index contributed by atoms with van der Waals surface area (Å²) < 4.78 is 0.999. The summed E-state index contributed by atoms with van der Waals surface area (Å²) in [7, 11) is 3.94. The normalized spacial score (nSPS) is 10.3. The van der Waals surface area contributed by atoms with Gasteiger partial charge in [-0.1, -0.05) is 30.3 Å². The van der Waals surface area contributed by atoms with Crippen LogP contribution in [0.15, 0.2) is 34.8 Å². The molecule has 2 aromatic rings. The Morgan fingerprint density at radius 3 is 2.40 bits per heavy atom. The van der Waals surface area contributed by atoms with Gasteiger partial charge in [-0.15, -0.1) is 0 Å². The average molecular weight is 266 g/mol. The van der Waals surface area contributed by atoms with Crippen LogP contribution in [0.1, 0.15) is 0 Å². The van der Waals surface area contributed by atoms with Gasteiger partial charge >= 0.3 is 0 Å². The van der Waals surface area contributed by atoms with Gasteiger partial charge in [0.05, 0.1) is 10.2 Å². The number of nitrogens with one attached hydrogen (secondary N) is 1. The number of benzene rings is 1. The van der Waals surface area contributed by atoms with Gasteiger partial charge in [-0.05, 0) is 15.9 Å². The predicted octanol–water partition coefficient (Wildman–Crippen LogP) is 2.91. The van der Waals surface area contributed by atoms with Crippen molar-refractivity contribution in [3.63, 3.8) is 0 Å². The van der Waals surface area contributed by atoms with E-state index in [0.29, 0.717) is 0 Å². The Kier molecular flexibility index (Phi) is 2.77. The van der Waals surface area contributed by atoms with Gasteiger partial charge in [0.1, 0.15) is 0 Å². The molecule has 3 nitrogen and oxygen atoms in total. The molecule has 0 saturated carbocycles. The molecule has 0 aliphatic heterocycles. The van der Waals surface area contributed by atoms with Crippen molar-refractivity contribution in [3.8, 4) is 11.3 Å². The first-order valence-corrected chi connectivity index (χ1v) is 5.46. The van der Waals surface area contributed by atoms with E-state index >= 15 is 0 Å². The third-order valence-electron chi connectivity index (χ3n) is 2.18. The van der Waals surface area contributed by atoms with Gasteiger partial charge in [0.15, 0.2) is 5.82 Å². The van der Waals surface area contributed by atoms with Crippen LogP contribution in [0, 0.1) is 0 Å². The number of rotatable bonds is 2. The molecule has 4 heteroatoms. The van der Waals surface area contributed by atoms with Crippen LogP contribution in [0.4, 0.5) is 5.82 Å². The number of halogens is 1. The van der Waals surface area contributed by atoms with Crippen LogP contribution < -0.4 is 4.90 Å². The number of nitrogens with zero attached hydrogens (tertiary/aromatic N) is 2. The molecule has 0 saturated heterocycles. The minimum absolute atomic E-state index is 0.911. The number of anilines is 1. The van der Waals surface area contributed by atoms with Crippen molar-refractivity contribution in [2.45, 2.75) is 0 Å². The number of H-pyrrole nitrogens is 1. The Labute approximate surface area is 97.2 Å². The molecule has 0 atom stereocenters. The molecule has 15 heavy (non-hydrogen) atoms. The van der Waals surface area contributed by atoms with E-state index < -0.39 is 0 Å². The van der Waals surface area contributed by atoms with Crippen LogP contribution in [-0.2, 0) is 0 Å². The summed E-state index contributed by atoms with van der Waals surface area (Å²) in [5, 5.41) is 7.28. The second-order valence-corrected chi connectivity index (χ2v) is 4.29. The van der Waals surface area contributed by atoms with Crippen LogP contribution in [0.3, 0.4) is 0 Å². The highest BCUT2D eigenvalue weighted by Gasteiger charge is 2.12. The third kappa shape index (κ3) is 1.90. The van der Waals surface area contributed by atoms with Gasteiger partial charge in [-0.3, -0.25) is 5.10 Å². The van der Waals surface area contributed by atoms with E-state index in [4.69, 9.17) is 0 Å². The summed E-state index contributed by atoms with van der Waals surface area (Å²) in [5.41, 5.74) is 2.14. The largest absolute Gasteiger partial charge is 0.360 e. The van der Waals surface area contributed by atoms with Gasteiger partial charge in [0, 0.05) is 19.7 Å². The van der Waals surface area contributed by atoms with E-state index in [9.17, 15) is 0 Å². The van der Waals surface area contributed by atoms with E-state index in [1.54, 1.807) is 0 Å². The number of aromatic amines is 1. The lowest BCUT2D eigenvalue weighted by atomic mass is 10.1. The maximum atomic E-state index is 4.25. The van der Waals surface area contributed by atoms with Crippen LogP contribution in [0.2, 0.25) is 0 Å². The van der Waals surface area contributed by atoms with Crippen LogP contribution >= 0.6 is 15.9 Å². The number of hydrogen-bond donors (Lipinski definition) is 1. The second kappa shape index (κ2) is 4.06. The fraction of sp³-hybridized carbons (Fsp3) is 0.182. The predicted molar refractivity (Wildman–Crippen MR) is 66.1 cm³/mol. The molecule has 0 aliphatic carbocycles. The second-order valence-electron chi connectivity index (χ2n) is 3.50. The highest BCUT2D eigenvalue weighted by molar-refractivity contribution is 9.10. The van der Waals surface area contributed by atoms with Gasteiger partial charge in [-0.25, -0.2) is 0 Å². The molecule has 1 N–H and O–H groups in total. The maximum Gasteiger partial charge on any atom is 0.164 e. The first kappa shape index (κ1) is 10.2. The Morgan fingerprint density at radius 2 is 1.87 bits per heavy atom. The topological polar surface area (TPSA) is 31.9 Å². The monoisotopic (exact) mass is 265 g/mol. The van der Waals surface area contributed by atoms with E-state index in [-0.39, 0.29) is 0 Å². The molecule has 0 fully saturated rings. The molecule has 0 spiro atoms. The maximum absolute atomic E-state index is 4.25. The van der Waals surface area contributed by atoms with Gasteiger partial charge in [0.25, 0.3) is 0 Å². The first-order valence-electron chi connectivity index (χ1n) is 4.66. The van der Waals surface area contributed by atoms with Crippen molar-refractivity contribution in [1.29, 1.82) is 0 Å². The molecular weight excluding hydrogens is 254 g/mol. The number of hydrogen-bond acceptors (Lipinski definition) is 2. The van der Waals surface area contributed by atoms with E-state index in [1.165, 1.54) is 0 Å². The summed E-state index contributed by atoms with van der Waals surface area (Å²) in [5.74, 6) is 0.911. The zero-order valence-electron chi connectivity index (χ0n) is 8.66. The van der Waals surface area contributed by atoms with Crippen molar-refractivity contribution in [3.05, 3.63) is 34.8 Å². The van der Waals surface area contributed by atoms with Crippen LogP contribution in [0.5, 0.6) is 0 Å². The SMILES string of the molecule is CN(C)c1n[nH]c(-c2ccccc2)c1Br. The summed E-state index contributed by atoms with van der Waals surface area (Å²) in [6, 6.07) is 10.1. The lowest BCUT2D eigenvalue weighted by Gasteiger charge is -2.07. The standard InChI is InChI=1S/C11H12BrN3/c1-15(2)11-9(12)10(13-14-11)8-6-4-3-5-7-8/h3-7H,1-2H3,(H,13,14). The first-order chi connectivity index (χ1) is 7.20. The van der Waals surface area contributed by atoms with Gasteiger partial charge < -0.3 is 4.90 Å². The summed E-state index contributed by atoms with van der Waals surface area (Å²) >= 11 is 3.55. The Balaban J connectivity index is 2.47. The minimum Gasteiger partial charge on any atom is -0.360 e. The average Bonchev–Trinajstić information content (AvgIpc) is 2.61. The number of aromatic nitrogens is 2. The minimum atomic E-state index is 0.911. The molecular formula is C11H12BrN3. The van der Waals surface area contributed by atoms with Crippen molar-refractivity contribution in [2.24, 2.45) is 0 Å². The quantitative estimate of drug-likeness (QED) is 0.906. The summed E-state index contributed by atoms with van der Waals surface area (Å²) in [4.78, 5) is 1.97. The van der Waals surface area contributed by atoms with Crippen molar-refractivity contribution < 1.29 is 0 Å². The molecule has 1 heterocycles. The molecule has 78 valence electrons. The highest BCUT2D eigenvalue weighted by atomic mass is 79.9. The molecule has 1 aromatic carbocycles. The highest BCUT2D eigenvalue weighted by Crippen LogP contribution is 2.32. The molecule has 0 unspecified atom stereocenters. The molecule has 1 aromatic heterocycles. The van der Waals surface area contributed by atoms with E-state index in [1.807, 2.05) is 37.2 Å². The zero-order valence-corrected chi connectivity index (χ0v) is 10.2. The molecule has 0 aliphatic rings. The third-order valence-corrected chi connectivity index (χ3v) is 2.93. The van der Waals surface area contributed by atoms with E-state index in [2.05, 4.69) is 38.3 Å². The van der Waals surface area contributed by atoms with Gasteiger partial charge in [0.2, 0.25) is 0 Å². The summed E-state index contributed by atoms with van der Waals surface area (Å²) in [6.45, 7) is 0. The Morgan fingerprint density at radius 1 is 1.20 bits per heavy atom. The van der Waals surface area contributed by atoms with Crippen molar-refractivity contribution in [1.82, 2.24) is 10.2 Å². The van der Waals surface area contributed by atoms with Crippen molar-refractivity contribution >= 4 is 21.7 Å². The fourth-order valence-electron chi connectivity index (χ4n) is 1.41. The zero-order chi connectivity index (χ0) is 10.8. The fourth-order valence-corrected chi connectivity index (χ4v) is 2.17. The summed E-state index contributed by atoms with van der Waals surface area (Å²) in [6.07, 6.45) is 0. The van der Waals surface area contributed by atoms with Crippen LogP contribution in [-0.4, -0.2) is 24.3 Å². The van der Waals surface area contributed by atoms with Gasteiger partial charge in [-0.2, -0.15) is 5.10 Å². The Bertz CT molecular complexity index is 448. The smallest absolute Gasteiger partial charge is 0.164 e. The van der Waals surface area contributed by atoms with Crippen LogP contribution in [0.25, 0.3) is 11.3 Å². The molecule has 0 amide bonds. The van der Waals surface area contributed by atoms with E-state index in [0.717, 1.165) is 21.5 Å². The lowest BCUT2D eigenvalue weighted by Crippen LogP contribution is -2.09. The molecule has 0 bridgehead atoms. The Hall–Kier alpha value is -1.29.